The molecular formula is C15H24FN3O2. The molecule has 0 aliphatic carbocycles. The van der Waals surface area contributed by atoms with E-state index in [-0.39, 0.29) is 31.0 Å². The Morgan fingerprint density at radius 3 is 2.57 bits per heavy atom. The molecule has 0 fully saturated rings. The number of nitrogens with zero attached hydrogens (tertiary/aromatic N) is 1. The molecule has 1 atom stereocenters. The first-order chi connectivity index (χ1) is 10.0. The summed E-state index contributed by atoms with van der Waals surface area (Å²) in [4.78, 5) is 13.4. The van der Waals surface area contributed by atoms with Crippen molar-refractivity contribution in [3.05, 3.63) is 29.6 Å². The van der Waals surface area contributed by atoms with Crippen molar-refractivity contribution < 1.29 is 14.3 Å². The predicted octanol–water partition coefficient (Wildman–Crippen LogP) is 1.85. The number of carbonyl (C=O) groups is 1. The number of rotatable bonds is 7. The fourth-order valence-corrected chi connectivity index (χ4v) is 1.98. The Balaban J connectivity index is 2.62. The zero-order valence-electron chi connectivity index (χ0n) is 12.8. The number of aliphatic hydroxyl groups excluding tert-OH is 1. The van der Waals surface area contributed by atoms with E-state index in [9.17, 15) is 9.18 Å². The first-order valence-electron chi connectivity index (χ1n) is 7.20. The largest absolute Gasteiger partial charge is 0.394 e. The van der Waals surface area contributed by atoms with Gasteiger partial charge in [0.2, 0.25) is 0 Å². The average Bonchev–Trinajstić information content (AvgIpc) is 2.48. The predicted molar refractivity (Wildman–Crippen MR) is 81.9 cm³/mol. The van der Waals surface area contributed by atoms with Crippen LogP contribution in [0.25, 0.3) is 0 Å². The van der Waals surface area contributed by atoms with Crippen LogP contribution < -0.4 is 15.5 Å². The monoisotopic (exact) mass is 297 g/mol. The summed E-state index contributed by atoms with van der Waals surface area (Å²) >= 11 is 0. The van der Waals surface area contributed by atoms with E-state index in [1.807, 2.05) is 18.7 Å². The molecule has 0 saturated carbocycles. The quantitative estimate of drug-likeness (QED) is 0.719. The van der Waals surface area contributed by atoms with Crippen LogP contribution in [0.5, 0.6) is 0 Å². The summed E-state index contributed by atoms with van der Waals surface area (Å²) in [5.74, 6) is -0.290. The van der Waals surface area contributed by atoms with Crippen LogP contribution in [0, 0.1) is 5.82 Å². The average molecular weight is 297 g/mol. The van der Waals surface area contributed by atoms with E-state index in [0.29, 0.717) is 11.3 Å². The van der Waals surface area contributed by atoms with Gasteiger partial charge in [-0.2, -0.15) is 0 Å². The highest BCUT2D eigenvalue weighted by Gasteiger charge is 2.10. The van der Waals surface area contributed by atoms with Gasteiger partial charge in [-0.25, -0.2) is 9.18 Å². The van der Waals surface area contributed by atoms with E-state index in [1.54, 1.807) is 19.1 Å². The molecule has 1 unspecified atom stereocenters. The number of hydrogen-bond donors (Lipinski definition) is 3. The SMILES string of the molecule is CCN(CC)c1ccc(CNC(=O)NC(C)CO)cc1F. The van der Waals surface area contributed by atoms with E-state index < -0.39 is 0 Å². The molecule has 1 aromatic carbocycles. The minimum Gasteiger partial charge on any atom is -0.394 e. The molecule has 1 rings (SSSR count). The maximum Gasteiger partial charge on any atom is 0.315 e. The van der Waals surface area contributed by atoms with E-state index >= 15 is 0 Å². The lowest BCUT2D eigenvalue weighted by Crippen LogP contribution is -2.41. The summed E-state index contributed by atoms with van der Waals surface area (Å²) in [6.07, 6.45) is 0. The summed E-state index contributed by atoms with van der Waals surface area (Å²) < 4.78 is 14.1. The van der Waals surface area contributed by atoms with Gasteiger partial charge in [-0.3, -0.25) is 0 Å². The molecule has 0 radical (unpaired) electrons. The Morgan fingerprint density at radius 2 is 2.05 bits per heavy atom. The van der Waals surface area contributed by atoms with Crippen LogP contribution in [0.2, 0.25) is 0 Å². The van der Waals surface area contributed by atoms with Crippen molar-refractivity contribution in [2.75, 3.05) is 24.6 Å². The van der Waals surface area contributed by atoms with Gasteiger partial charge in [-0.05, 0) is 38.5 Å². The van der Waals surface area contributed by atoms with Gasteiger partial charge in [0.25, 0.3) is 0 Å². The molecule has 1 aromatic rings. The third-order valence-electron chi connectivity index (χ3n) is 3.22. The summed E-state index contributed by atoms with van der Waals surface area (Å²) in [6.45, 7) is 7.24. The van der Waals surface area contributed by atoms with Crippen LogP contribution >= 0.6 is 0 Å². The van der Waals surface area contributed by atoms with Gasteiger partial charge in [0.15, 0.2) is 0 Å². The summed E-state index contributed by atoms with van der Waals surface area (Å²) in [5.41, 5.74) is 1.26. The molecule has 0 saturated heterocycles. The molecule has 2 amide bonds. The van der Waals surface area contributed by atoms with Crippen molar-refractivity contribution in [3.8, 4) is 0 Å². The highest BCUT2D eigenvalue weighted by molar-refractivity contribution is 5.74. The molecule has 5 nitrogen and oxygen atoms in total. The van der Waals surface area contributed by atoms with Crippen molar-refractivity contribution in [2.45, 2.75) is 33.4 Å². The minimum atomic E-state index is -0.384. The summed E-state index contributed by atoms with van der Waals surface area (Å²) in [6, 6.07) is 4.26. The maximum absolute atomic E-state index is 14.1. The molecule has 6 heteroatoms. The zero-order chi connectivity index (χ0) is 15.8. The van der Waals surface area contributed by atoms with Gasteiger partial charge in [0.05, 0.1) is 18.3 Å². The molecule has 21 heavy (non-hydrogen) atoms. The van der Waals surface area contributed by atoms with Gasteiger partial charge in [-0.15, -0.1) is 0 Å². The van der Waals surface area contributed by atoms with Gasteiger partial charge < -0.3 is 20.6 Å². The normalized spacial score (nSPS) is 11.9. The Labute approximate surface area is 125 Å². The number of nitrogens with one attached hydrogen (secondary N) is 2. The van der Waals surface area contributed by atoms with Gasteiger partial charge in [-0.1, -0.05) is 6.07 Å². The van der Waals surface area contributed by atoms with Crippen molar-refractivity contribution in [3.63, 3.8) is 0 Å². The molecular weight excluding hydrogens is 273 g/mol. The fourth-order valence-electron chi connectivity index (χ4n) is 1.98. The molecule has 0 aliphatic heterocycles. The lowest BCUT2D eigenvalue weighted by atomic mass is 10.2. The zero-order valence-corrected chi connectivity index (χ0v) is 12.8. The van der Waals surface area contributed by atoms with E-state index in [2.05, 4.69) is 10.6 Å². The van der Waals surface area contributed by atoms with E-state index in [4.69, 9.17) is 5.11 Å². The second-order valence-electron chi connectivity index (χ2n) is 4.87. The Hall–Kier alpha value is -1.82. The molecule has 0 bridgehead atoms. The smallest absolute Gasteiger partial charge is 0.315 e. The Morgan fingerprint density at radius 1 is 1.38 bits per heavy atom. The van der Waals surface area contributed by atoms with Gasteiger partial charge >= 0.3 is 6.03 Å². The molecule has 0 spiro atoms. The highest BCUT2D eigenvalue weighted by atomic mass is 19.1. The first kappa shape index (κ1) is 17.2. The minimum absolute atomic E-state index is 0.124. The van der Waals surface area contributed by atoms with Crippen molar-refractivity contribution in [2.24, 2.45) is 0 Å². The lowest BCUT2D eigenvalue weighted by Gasteiger charge is -2.22. The van der Waals surface area contributed by atoms with Crippen LogP contribution in [-0.4, -0.2) is 36.9 Å². The summed E-state index contributed by atoms with van der Waals surface area (Å²) in [5, 5.41) is 14.0. The number of hydrogen-bond acceptors (Lipinski definition) is 3. The van der Waals surface area contributed by atoms with Gasteiger partial charge in [0.1, 0.15) is 5.82 Å². The Bertz CT molecular complexity index is 464. The number of benzene rings is 1. The van der Waals surface area contributed by atoms with Crippen LogP contribution in [0.3, 0.4) is 0 Å². The van der Waals surface area contributed by atoms with Crippen molar-refractivity contribution >= 4 is 11.7 Å². The Kier molecular flexibility index (Phi) is 6.94. The number of carbonyl (C=O) groups excluding carboxylic acids is 1. The number of aliphatic hydroxyl groups is 1. The number of amides is 2. The third-order valence-corrected chi connectivity index (χ3v) is 3.22. The number of urea groups is 1. The lowest BCUT2D eigenvalue weighted by molar-refractivity contribution is 0.220. The fraction of sp³-hybridized carbons (Fsp3) is 0.533. The molecule has 0 heterocycles. The molecule has 118 valence electrons. The second-order valence-corrected chi connectivity index (χ2v) is 4.87. The highest BCUT2D eigenvalue weighted by Crippen LogP contribution is 2.20. The van der Waals surface area contributed by atoms with Crippen LogP contribution in [0.4, 0.5) is 14.9 Å². The van der Waals surface area contributed by atoms with Crippen LogP contribution in [0.1, 0.15) is 26.3 Å². The van der Waals surface area contributed by atoms with E-state index in [0.717, 1.165) is 13.1 Å². The second kappa shape index (κ2) is 8.46. The third kappa shape index (κ3) is 5.23. The summed E-state index contributed by atoms with van der Waals surface area (Å²) in [7, 11) is 0. The topological polar surface area (TPSA) is 64.6 Å². The molecule has 0 aliphatic rings. The van der Waals surface area contributed by atoms with Gasteiger partial charge in [0, 0.05) is 19.6 Å². The number of anilines is 1. The van der Waals surface area contributed by atoms with E-state index in [1.165, 1.54) is 6.07 Å². The maximum atomic E-state index is 14.1. The van der Waals surface area contributed by atoms with Crippen molar-refractivity contribution in [1.82, 2.24) is 10.6 Å². The number of halogens is 1. The molecule has 3 N–H and O–H groups in total. The van der Waals surface area contributed by atoms with Crippen LogP contribution in [0.15, 0.2) is 18.2 Å². The first-order valence-corrected chi connectivity index (χ1v) is 7.20. The molecule has 0 aromatic heterocycles. The standard InChI is InChI=1S/C15H24FN3O2/c1-4-19(5-2)14-7-6-12(8-13(14)16)9-17-15(21)18-11(3)10-20/h6-8,11,20H,4-5,9-10H2,1-3H3,(H2,17,18,21). The van der Waals surface area contributed by atoms with Crippen molar-refractivity contribution in [1.29, 1.82) is 0 Å². The van der Waals surface area contributed by atoms with Crippen LogP contribution in [-0.2, 0) is 6.54 Å².